The maximum absolute atomic E-state index is 12.1. The van der Waals surface area contributed by atoms with Gasteiger partial charge in [0, 0.05) is 39.8 Å². The highest BCUT2D eigenvalue weighted by atomic mass is 16.5. The topological polar surface area (TPSA) is 44.8 Å². The van der Waals surface area contributed by atoms with Gasteiger partial charge in [0.1, 0.15) is 12.4 Å². The van der Waals surface area contributed by atoms with Crippen molar-refractivity contribution in [2.45, 2.75) is 33.4 Å². The Morgan fingerprint density at radius 1 is 0.824 bits per heavy atom. The van der Waals surface area contributed by atoms with Gasteiger partial charge in [0.15, 0.2) is 0 Å². The summed E-state index contributed by atoms with van der Waals surface area (Å²) in [5.74, 6) is 0.851. The Labute approximate surface area is 205 Å². The van der Waals surface area contributed by atoms with Gasteiger partial charge in [-0.1, -0.05) is 68.4 Å². The van der Waals surface area contributed by atoms with Crippen molar-refractivity contribution in [3.63, 3.8) is 0 Å². The van der Waals surface area contributed by atoms with Crippen LogP contribution in [0.5, 0.6) is 5.75 Å². The number of hydrogen-bond acceptors (Lipinski definition) is 4. The van der Waals surface area contributed by atoms with Crippen LogP contribution >= 0.6 is 0 Å². The first-order valence-corrected chi connectivity index (χ1v) is 12.2. The van der Waals surface area contributed by atoms with Crippen molar-refractivity contribution in [3.8, 4) is 5.75 Å². The number of anilines is 1. The molecule has 0 aliphatic carbocycles. The van der Waals surface area contributed by atoms with Gasteiger partial charge in [-0.15, -0.1) is 0 Å². The quantitative estimate of drug-likeness (QED) is 0.504. The van der Waals surface area contributed by atoms with Crippen LogP contribution in [0.3, 0.4) is 0 Å². The van der Waals surface area contributed by atoms with Gasteiger partial charge in [-0.3, -0.25) is 4.79 Å². The summed E-state index contributed by atoms with van der Waals surface area (Å²) >= 11 is 0. The summed E-state index contributed by atoms with van der Waals surface area (Å²) in [6.07, 6.45) is 0.398. The number of piperazine rings is 1. The molecule has 0 atom stereocenters. The molecule has 3 aromatic rings. The SMILES string of the molecule is CC.CN1CCN(c2ccc(COc3ccc(CNC(=O)Cc4ccccc4)cc3)cc2)CC1.[HH]. The fourth-order valence-corrected chi connectivity index (χ4v) is 3.78. The Hall–Kier alpha value is -3.31. The van der Waals surface area contributed by atoms with Crippen LogP contribution in [0.4, 0.5) is 5.69 Å². The number of carbonyl (C=O) groups is 1. The minimum absolute atomic E-state index is 0. The Kier molecular flexibility index (Phi) is 9.98. The molecule has 0 aromatic heterocycles. The fraction of sp³-hybridized carbons (Fsp3) is 0.345. The molecule has 4 rings (SSSR count). The van der Waals surface area contributed by atoms with E-state index in [1.165, 1.54) is 5.69 Å². The maximum Gasteiger partial charge on any atom is 0.224 e. The summed E-state index contributed by atoms with van der Waals surface area (Å²) in [5, 5.41) is 2.97. The van der Waals surface area contributed by atoms with Crippen LogP contribution in [0.25, 0.3) is 0 Å². The molecule has 1 aliphatic heterocycles. The van der Waals surface area contributed by atoms with Crippen molar-refractivity contribution in [2.75, 3.05) is 38.1 Å². The Bertz CT molecular complexity index is 987. The summed E-state index contributed by atoms with van der Waals surface area (Å²) in [6.45, 7) is 9.42. The van der Waals surface area contributed by atoms with E-state index in [1.807, 2.05) is 68.4 Å². The molecule has 0 bridgehead atoms. The van der Waals surface area contributed by atoms with Gasteiger partial charge >= 0.3 is 0 Å². The average Bonchev–Trinajstić information content (AvgIpc) is 2.89. The summed E-state index contributed by atoms with van der Waals surface area (Å²) in [7, 11) is 2.17. The van der Waals surface area contributed by atoms with E-state index in [0.29, 0.717) is 19.6 Å². The number of nitrogens with one attached hydrogen (secondary N) is 1. The number of likely N-dealkylation sites (N-methyl/N-ethyl adjacent to an activating group) is 1. The van der Waals surface area contributed by atoms with Gasteiger partial charge in [0.2, 0.25) is 5.91 Å². The highest BCUT2D eigenvalue weighted by Gasteiger charge is 2.14. The minimum Gasteiger partial charge on any atom is -0.489 e. The standard InChI is InChI=1S/C27H31N3O2.C2H6.H2/c1-29-15-17-30(18-16-29)25-11-7-24(8-12-25)21-32-26-13-9-23(10-14-26)20-28-27(31)19-22-5-3-2-4-6-22;1-2;/h2-14H,15-21H2,1H3,(H,28,31);1-2H3;1H. The lowest BCUT2D eigenvalue weighted by Crippen LogP contribution is -2.44. The monoisotopic (exact) mass is 461 g/mol. The number of rotatable bonds is 8. The summed E-state index contributed by atoms with van der Waals surface area (Å²) in [5.41, 5.74) is 4.50. The van der Waals surface area contributed by atoms with Crippen molar-refractivity contribution in [1.29, 1.82) is 0 Å². The summed E-state index contributed by atoms with van der Waals surface area (Å²) in [4.78, 5) is 16.9. The second-order valence-electron chi connectivity index (χ2n) is 8.33. The lowest BCUT2D eigenvalue weighted by Gasteiger charge is -2.34. The molecule has 1 fully saturated rings. The van der Waals surface area contributed by atoms with Crippen LogP contribution in [-0.4, -0.2) is 44.0 Å². The number of benzene rings is 3. The summed E-state index contributed by atoms with van der Waals surface area (Å²) < 4.78 is 5.94. The minimum atomic E-state index is 0. The van der Waals surface area contributed by atoms with Gasteiger partial charge < -0.3 is 19.9 Å². The molecule has 3 aromatic carbocycles. The molecule has 1 saturated heterocycles. The Balaban J connectivity index is 0.00000140. The van der Waals surface area contributed by atoms with Gasteiger partial charge in [-0.2, -0.15) is 0 Å². The molecular formula is C29H39N3O2. The highest BCUT2D eigenvalue weighted by Crippen LogP contribution is 2.19. The number of nitrogens with zero attached hydrogens (tertiary/aromatic N) is 2. The maximum atomic E-state index is 12.1. The van der Waals surface area contributed by atoms with Crippen molar-refractivity contribution in [3.05, 3.63) is 95.6 Å². The molecular weight excluding hydrogens is 422 g/mol. The van der Waals surface area contributed by atoms with Crippen molar-refractivity contribution in [2.24, 2.45) is 0 Å². The molecule has 0 saturated carbocycles. The Morgan fingerprint density at radius 3 is 2.09 bits per heavy atom. The van der Waals surface area contributed by atoms with Crippen LogP contribution in [-0.2, 0) is 24.4 Å². The van der Waals surface area contributed by atoms with Gasteiger partial charge in [-0.05, 0) is 48.0 Å². The molecule has 0 unspecified atom stereocenters. The van der Waals surface area contributed by atoms with E-state index in [9.17, 15) is 4.79 Å². The second-order valence-corrected chi connectivity index (χ2v) is 8.33. The molecule has 1 heterocycles. The van der Waals surface area contributed by atoms with Crippen LogP contribution in [0, 0.1) is 0 Å². The molecule has 1 amide bonds. The van der Waals surface area contributed by atoms with Gasteiger partial charge in [0.05, 0.1) is 6.42 Å². The predicted octanol–water partition coefficient (Wildman–Crippen LogP) is 5.15. The number of hydrogen-bond donors (Lipinski definition) is 1. The molecule has 182 valence electrons. The number of carbonyl (C=O) groups excluding carboxylic acids is 1. The lowest BCUT2D eigenvalue weighted by molar-refractivity contribution is -0.120. The zero-order chi connectivity index (χ0) is 24.2. The molecule has 5 heteroatoms. The zero-order valence-electron chi connectivity index (χ0n) is 20.7. The average molecular weight is 462 g/mol. The van der Waals surface area contributed by atoms with Gasteiger partial charge in [-0.25, -0.2) is 0 Å². The van der Waals surface area contributed by atoms with Crippen molar-refractivity contribution < 1.29 is 11.0 Å². The predicted molar refractivity (Wildman–Crippen MR) is 142 cm³/mol. The molecule has 0 radical (unpaired) electrons. The molecule has 5 nitrogen and oxygen atoms in total. The lowest BCUT2D eigenvalue weighted by atomic mass is 10.1. The van der Waals surface area contributed by atoms with Crippen LogP contribution in [0.2, 0.25) is 0 Å². The summed E-state index contributed by atoms with van der Waals surface area (Å²) in [6, 6.07) is 26.3. The first kappa shape index (κ1) is 25.3. The first-order valence-electron chi connectivity index (χ1n) is 12.2. The van der Waals surface area contributed by atoms with E-state index >= 15 is 0 Å². The normalized spacial score (nSPS) is 13.6. The fourth-order valence-electron chi connectivity index (χ4n) is 3.78. The highest BCUT2D eigenvalue weighted by molar-refractivity contribution is 5.78. The molecule has 1 aliphatic rings. The zero-order valence-corrected chi connectivity index (χ0v) is 20.7. The van der Waals surface area contributed by atoms with E-state index in [-0.39, 0.29) is 7.33 Å². The molecule has 34 heavy (non-hydrogen) atoms. The van der Waals surface area contributed by atoms with E-state index in [4.69, 9.17) is 4.74 Å². The third kappa shape index (κ3) is 7.92. The van der Waals surface area contributed by atoms with Crippen LogP contribution < -0.4 is 15.0 Å². The molecule has 0 spiro atoms. The third-order valence-corrected chi connectivity index (χ3v) is 5.83. The number of ether oxygens (including phenoxy) is 1. The Morgan fingerprint density at radius 2 is 1.44 bits per heavy atom. The third-order valence-electron chi connectivity index (χ3n) is 5.83. The second kappa shape index (κ2) is 13.4. The van der Waals surface area contributed by atoms with Crippen molar-refractivity contribution >= 4 is 11.6 Å². The van der Waals surface area contributed by atoms with Crippen molar-refractivity contribution in [1.82, 2.24) is 10.2 Å². The molecule has 1 N–H and O–H groups in total. The van der Waals surface area contributed by atoms with E-state index in [1.54, 1.807) is 0 Å². The van der Waals surface area contributed by atoms with E-state index in [2.05, 4.69) is 46.4 Å². The van der Waals surface area contributed by atoms with Crippen LogP contribution in [0.15, 0.2) is 78.9 Å². The smallest absolute Gasteiger partial charge is 0.224 e. The van der Waals surface area contributed by atoms with E-state index < -0.39 is 0 Å². The van der Waals surface area contributed by atoms with Crippen LogP contribution in [0.1, 0.15) is 32.0 Å². The van der Waals surface area contributed by atoms with E-state index in [0.717, 1.165) is 48.6 Å². The van der Waals surface area contributed by atoms with Gasteiger partial charge in [0.25, 0.3) is 0 Å². The largest absolute Gasteiger partial charge is 0.489 e. The first-order chi connectivity index (χ1) is 16.7. The number of amides is 1.